The van der Waals surface area contributed by atoms with Gasteiger partial charge in [0.1, 0.15) is 5.57 Å². The van der Waals surface area contributed by atoms with E-state index in [0.717, 1.165) is 35.0 Å². The number of benzene rings is 2. The van der Waals surface area contributed by atoms with Crippen molar-refractivity contribution in [2.45, 2.75) is 26.8 Å². The first-order chi connectivity index (χ1) is 14.0. The Bertz CT molecular complexity index is 1160. The first kappa shape index (κ1) is 19.1. The maximum Gasteiger partial charge on any atom is 0.270 e. The van der Waals surface area contributed by atoms with E-state index >= 15 is 0 Å². The molecular weight excluding hydrogens is 382 g/mol. The zero-order valence-electron chi connectivity index (χ0n) is 16.3. The van der Waals surface area contributed by atoms with E-state index in [1.165, 1.54) is 4.90 Å². The molecule has 1 fully saturated rings. The lowest BCUT2D eigenvalue weighted by atomic mass is 10.1. The average molecular weight is 404 g/mol. The lowest BCUT2D eigenvalue weighted by Gasteiger charge is -2.29. The van der Waals surface area contributed by atoms with Crippen LogP contribution in [0.3, 0.4) is 0 Å². The molecule has 2 heterocycles. The molecule has 29 heavy (non-hydrogen) atoms. The van der Waals surface area contributed by atoms with Crippen molar-refractivity contribution in [3.8, 4) is 0 Å². The van der Waals surface area contributed by atoms with Gasteiger partial charge in [-0.05, 0) is 49.8 Å². The molecule has 0 aliphatic carbocycles. The fraction of sp³-hybridized carbons (Fsp3) is 0.174. The van der Waals surface area contributed by atoms with Crippen LogP contribution in [0.25, 0.3) is 17.0 Å². The summed E-state index contributed by atoms with van der Waals surface area (Å²) in [4.78, 5) is 27.2. The van der Waals surface area contributed by atoms with Crippen LogP contribution in [0.15, 0.2) is 60.3 Å². The lowest BCUT2D eigenvalue weighted by Crippen LogP contribution is -2.54. The predicted octanol–water partition coefficient (Wildman–Crippen LogP) is 4.19. The molecule has 0 spiro atoms. The summed E-state index contributed by atoms with van der Waals surface area (Å²) >= 11 is 5.27. The first-order valence-electron chi connectivity index (χ1n) is 9.55. The average Bonchev–Trinajstić information content (AvgIpc) is 3.04. The van der Waals surface area contributed by atoms with Crippen molar-refractivity contribution < 1.29 is 9.59 Å². The number of hydrogen-bond acceptors (Lipinski definition) is 3. The van der Waals surface area contributed by atoms with Gasteiger partial charge < -0.3 is 4.57 Å². The standard InChI is InChI=1S/C23H21N3O2S/c1-3-12-25-14-16(18-6-4-5-7-20(18)25)13-19-21(27)24-23(29)26(22(19)28)17-10-8-15(2)9-11-17/h4-11,13-14H,3,12H2,1-2H3,(H,24,27,29). The van der Waals surface area contributed by atoms with Gasteiger partial charge in [0.05, 0.1) is 5.69 Å². The number of carbonyl (C=O) groups excluding carboxylic acids is 2. The number of nitrogens with one attached hydrogen (secondary N) is 1. The Kier molecular flexibility index (Phi) is 5.03. The van der Waals surface area contributed by atoms with Crippen LogP contribution >= 0.6 is 12.2 Å². The molecule has 0 radical (unpaired) electrons. The van der Waals surface area contributed by atoms with E-state index < -0.39 is 11.8 Å². The minimum absolute atomic E-state index is 0.0681. The number of nitrogens with zero attached hydrogens (tertiary/aromatic N) is 2. The second-order valence-corrected chi connectivity index (χ2v) is 7.48. The second-order valence-electron chi connectivity index (χ2n) is 7.09. The zero-order chi connectivity index (χ0) is 20.5. The van der Waals surface area contributed by atoms with Crippen LogP contribution in [0.5, 0.6) is 0 Å². The topological polar surface area (TPSA) is 54.3 Å². The van der Waals surface area contributed by atoms with Crippen molar-refractivity contribution in [1.82, 2.24) is 9.88 Å². The zero-order valence-corrected chi connectivity index (χ0v) is 17.1. The summed E-state index contributed by atoms with van der Waals surface area (Å²) in [7, 11) is 0. The number of anilines is 1. The maximum absolute atomic E-state index is 13.2. The molecule has 1 saturated heterocycles. The van der Waals surface area contributed by atoms with E-state index in [1.807, 2.05) is 61.7 Å². The molecule has 1 aromatic heterocycles. The minimum atomic E-state index is -0.476. The smallest absolute Gasteiger partial charge is 0.270 e. The van der Waals surface area contributed by atoms with Crippen molar-refractivity contribution in [2.24, 2.45) is 0 Å². The summed E-state index contributed by atoms with van der Waals surface area (Å²) in [5, 5.41) is 3.74. The summed E-state index contributed by atoms with van der Waals surface area (Å²) < 4.78 is 2.15. The number of amides is 2. The van der Waals surface area contributed by atoms with Gasteiger partial charge in [-0.1, -0.05) is 42.8 Å². The Balaban J connectivity index is 1.79. The predicted molar refractivity (Wildman–Crippen MR) is 120 cm³/mol. The highest BCUT2D eigenvalue weighted by Gasteiger charge is 2.34. The minimum Gasteiger partial charge on any atom is -0.347 e. The molecule has 0 unspecified atom stereocenters. The van der Waals surface area contributed by atoms with Gasteiger partial charge in [0, 0.05) is 29.2 Å². The van der Waals surface area contributed by atoms with Crippen LogP contribution in [-0.4, -0.2) is 21.5 Å². The van der Waals surface area contributed by atoms with Crippen molar-refractivity contribution in [2.75, 3.05) is 4.90 Å². The largest absolute Gasteiger partial charge is 0.347 e. The highest BCUT2D eigenvalue weighted by molar-refractivity contribution is 7.80. The third kappa shape index (κ3) is 3.47. The number of para-hydroxylation sites is 1. The third-order valence-electron chi connectivity index (χ3n) is 4.98. The number of aryl methyl sites for hydroxylation is 2. The van der Waals surface area contributed by atoms with E-state index in [4.69, 9.17) is 12.2 Å². The Morgan fingerprint density at radius 1 is 1.07 bits per heavy atom. The fourth-order valence-electron chi connectivity index (χ4n) is 3.56. The molecule has 146 valence electrons. The quantitative estimate of drug-likeness (QED) is 0.404. The van der Waals surface area contributed by atoms with Gasteiger partial charge in [-0.2, -0.15) is 0 Å². The second kappa shape index (κ2) is 7.64. The van der Waals surface area contributed by atoms with Gasteiger partial charge in [-0.15, -0.1) is 0 Å². The summed E-state index contributed by atoms with van der Waals surface area (Å²) in [5.41, 5.74) is 3.69. The van der Waals surface area contributed by atoms with Crippen LogP contribution in [0, 0.1) is 6.92 Å². The van der Waals surface area contributed by atoms with Gasteiger partial charge in [0.2, 0.25) is 0 Å². The Morgan fingerprint density at radius 2 is 1.79 bits per heavy atom. The van der Waals surface area contributed by atoms with Crippen molar-refractivity contribution in [3.63, 3.8) is 0 Å². The van der Waals surface area contributed by atoms with Gasteiger partial charge >= 0.3 is 0 Å². The number of thiocarbonyl (C=S) groups is 1. The van der Waals surface area contributed by atoms with Gasteiger partial charge in [-0.3, -0.25) is 19.8 Å². The molecule has 6 heteroatoms. The van der Waals surface area contributed by atoms with Gasteiger partial charge in [0.15, 0.2) is 5.11 Å². The first-order valence-corrected chi connectivity index (χ1v) is 9.96. The molecule has 1 aliphatic heterocycles. The van der Waals surface area contributed by atoms with Crippen LogP contribution < -0.4 is 10.2 Å². The van der Waals surface area contributed by atoms with E-state index in [0.29, 0.717) is 5.69 Å². The molecule has 1 N–H and O–H groups in total. The SMILES string of the molecule is CCCn1cc(C=C2C(=O)NC(=S)N(c3ccc(C)cc3)C2=O)c2ccccc21. The van der Waals surface area contributed by atoms with E-state index in [2.05, 4.69) is 16.8 Å². The molecule has 2 amide bonds. The maximum atomic E-state index is 13.2. The van der Waals surface area contributed by atoms with Crippen LogP contribution in [0.4, 0.5) is 5.69 Å². The fourth-order valence-corrected chi connectivity index (χ4v) is 3.84. The Morgan fingerprint density at radius 3 is 2.52 bits per heavy atom. The van der Waals surface area contributed by atoms with Gasteiger partial charge in [-0.25, -0.2) is 0 Å². The molecule has 5 nitrogen and oxygen atoms in total. The number of rotatable bonds is 4. The van der Waals surface area contributed by atoms with E-state index in [9.17, 15) is 9.59 Å². The van der Waals surface area contributed by atoms with Crippen LogP contribution in [0.1, 0.15) is 24.5 Å². The number of hydrogen-bond donors (Lipinski definition) is 1. The monoisotopic (exact) mass is 403 g/mol. The molecule has 3 aromatic rings. The van der Waals surface area contributed by atoms with Gasteiger partial charge in [0.25, 0.3) is 11.8 Å². The lowest BCUT2D eigenvalue weighted by molar-refractivity contribution is -0.122. The third-order valence-corrected chi connectivity index (χ3v) is 5.26. The molecule has 0 atom stereocenters. The van der Waals surface area contributed by atoms with E-state index in [-0.39, 0.29) is 10.7 Å². The number of carbonyl (C=O) groups is 2. The van der Waals surface area contributed by atoms with Crippen LogP contribution in [0.2, 0.25) is 0 Å². The molecular formula is C23H21N3O2S. The Labute approximate surface area is 174 Å². The molecule has 0 saturated carbocycles. The van der Waals surface area contributed by atoms with E-state index in [1.54, 1.807) is 6.08 Å². The highest BCUT2D eigenvalue weighted by atomic mass is 32.1. The molecule has 2 aromatic carbocycles. The molecule has 1 aliphatic rings. The number of aromatic nitrogens is 1. The summed E-state index contributed by atoms with van der Waals surface area (Å²) in [5.74, 6) is -0.898. The van der Waals surface area contributed by atoms with Crippen molar-refractivity contribution in [1.29, 1.82) is 0 Å². The summed E-state index contributed by atoms with van der Waals surface area (Å²) in [6.45, 7) is 4.95. The molecule has 4 rings (SSSR count). The van der Waals surface area contributed by atoms with Crippen LogP contribution in [-0.2, 0) is 16.1 Å². The van der Waals surface area contributed by atoms with Crippen molar-refractivity contribution in [3.05, 3.63) is 71.4 Å². The summed E-state index contributed by atoms with van der Waals surface area (Å²) in [6.07, 6.45) is 4.64. The Hall–Kier alpha value is -3.25. The normalized spacial score (nSPS) is 16.0. The highest BCUT2D eigenvalue weighted by Crippen LogP contribution is 2.27. The van der Waals surface area contributed by atoms with Crippen molar-refractivity contribution >= 4 is 51.8 Å². The molecule has 0 bridgehead atoms. The summed E-state index contributed by atoms with van der Waals surface area (Å²) in [6, 6.07) is 15.4. The number of fused-ring (bicyclic) bond motifs is 1.